The van der Waals surface area contributed by atoms with Gasteiger partial charge in [0, 0.05) is 45.1 Å². The van der Waals surface area contributed by atoms with E-state index in [0.29, 0.717) is 6.54 Å². The summed E-state index contributed by atoms with van der Waals surface area (Å²) in [5, 5.41) is 3.14. The standard InChI is InChI=1S/C19H26N4O2/c1-22(15-18-3-2-14-25-18)19(24)21-17-7-12-23(13-8-17)11-6-16-4-9-20-10-5-16/h2-5,9-10,14,17H,6-8,11-13,15H2,1H3,(H,21,24). The Balaban J connectivity index is 1.36. The Morgan fingerprint density at radius 3 is 2.76 bits per heavy atom. The maximum absolute atomic E-state index is 12.3. The molecule has 1 fully saturated rings. The average molecular weight is 342 g/mol. The number of hydrogen-bond donors (Lipinski definition) is 1. The Kier molecular flexibility index (Phi) is 6.06. The monoisotopic (exact) mass is 342 g/mol. The summed E-state index contributed by atoms with van der Waals surface area (Å²) in [7, 11) is 1.79. The number of nitrogens with zero attached hydrogens (tertiary/aromatic N) is 3. The summed E-state index contributed by atoms with van der Waals surface area (Å²) in [4.78, 5) is 20.5. The highest BCUT2D eigenvalue weighted by atomic mass is 16.3. The fourth-order valence-electron chi connectivity index (χ4n) is 3.13. The van der Waals surface area contributed by atoms with Crippen LogP contribution in [-0.2, 0) is 13.0 Å². The number of rotatable bonds is 6. The first-order chi connectivity index (χ1) is 12.2. The van der Waals surface area contributed by atoms with Gasteiger partial charge in [0.2, 0.25) is 0 Å². The molecular formula is C19H26N4O2. The average Bonchev–Trinajstić information content (AvgIpc) is 3.15. The predicted molar refractivity (Wildman–Crippen MR) is 96.1 cm³/mol. The molecule has 2 amide bonds. The molecule has 2 aromatic rings. The van der Waals surface area contributed by atoms with Crippen LogP contribution in [0.2, 0.25) is 0 Å². The molecule has 0 atom stereocenters. The molecule has 1 saturated heterocycles. The van der Waals surface area contributed by atoms with Crippen LogP contribution in [0.25, 0.3) is 0 Å². The van der Waals surface area contributed by atoms with E-state index in [0.717, 1.165) is 44.7 Å². The maximum Gasteiger partial charge on any atom is 0.317 e. The summed E-state index contributed by atoms with van der Waals surface area (Å²) in [6.07, 6.45) is 8.36. The van der Waals surface area contributed by atoms with Crippen molar-refractivity contribution in [2.24, 2.45) is 0 Å². The third-order valence-electron chi connectivity index (χ3n) is 4.70. The van der Waals surface area contributed by atoms with E-state index < -0.39 is 0 Å². The fraction of sp³-hybridized carbons (Fsp3) is 0.474. The summed E-state index contributed by atoms with van der Waals surface area (Å²) in [6.45, 7) is 3.60. The van der Waals surface area contributed by atoms with Crippen molar-refractivity contribution < 1.29 is 9.21 Å². The van der Waals surface area contributed by atoms with Crippen molar-refractivity contribution in [3.63, 3.8) is 0 Å². The zero-order valence-corrected chi connectivity index (χ0v) is 14.7. The molecule has 1 aliphatic rings. The van der Waals surface area contributed by atoms with Gasteiger partial charge in [0.05, 0.1) is 12.8 Å². The van der Waals surface area contributed by atoms with E-state index in [4.69, 9.17) is 4.42 Å². The number of urea groups is 1. The summed E-state index contributed by atoms with van der Waals surface area (Å²) in [5.41, 5.74) is 1.32. The molecule has 0 radical (unpaired) electrons. The summed E-state index contributed by atoms with van der Waals surface area (Å²) in [5.74, 6) is 0.795. The van der Waals surface area contributed by atoms with Gasteiger partial charge in [-0.05, 0) is 49.1 Å². The number of likely N-dealkylation sites (tertiary alicyclic amines) is 1. The van der Waals surface area contributed by atoms with E-state index in [2.05, 4.69) is 27.3 Å². The molecule has 0 spiro atoms. The lowest BCUT2D eigenvalue weighted by atomic mass is 10.0. The zero-order valence-electron chi connectivity index (χ0n) is 14.7. The maximum atomic E-state index is 12.3. The second-order valence-corrected chi connectivity index (χ2v) is 6.61. The van der Waals surface area contributed by atoms with Gasteiger partial charge in [-0.3, -0.25) is 4.98 Å². The third kappa shape index (κ3) is 5.32. The van der Waals surface area contributed by atoms with Crippen molar-refractivity contribution in [2.45, 2.75) is 31.8 Å². The molecule has 6 nitrogen and oxygen atoms in total. The molecule has 6 heteroatoms. The number of carbonyl (C=O) groups excluding carboxylic acids is 1. The number of amides is 2. The molecule has 0 bridgehead atoms. The van der Waals surface area contributed by atoms with Gasteiger partial charge >= 0.3 is 6.03 Å². The summed E-state index contributed by atoms with van der Waals surface area (Å²) >= 11 is 0. The highest BCUT2D eigenvalue weighted by molar-refractivity contribution is 5.74. The highest BCUT2D eigenvalue weighted by Crippen LogP contribution is 2.12. The molecular weight excluding hydrogens is 316 g/mol. The van der Waals surface area contributed by atoms with Crippen LogP contribution in [0.15, 0.2) is 47.3 Å². The molecule has 0 aliphatic carbocycles. The molecule has 0 saturated carbocycles. The van der Waals surface area contributed by atoms with Crippen LogP contribution in [-0.4, -0.2) is 53.5 Å². The van der Waals surface area contributed by atoms with Crippen LogP contribution in [0, 0.1) is 0 Å². The number of aromatic nitrogens is 1. The Bertz CT molecular complexity index is 637. The second-order valence-electron chi connectivity index (χ2n) is 6.61. The Morgan fingerprint density at radius 1 is 1.32 bits per heavy atom. The van der Waals surface area contributed by atoms with E-state index in [1.807, 2.05) is 24.5 Å². The van der Waals surface area contributed by atoms with Crippen molar-refractivity contribution in [1.82, 2.24) is 20.1 Å². The van der Waals surface area contributed by atoms with E-state index in [-0.39, 0.29) is 12.1 Å². The van der Waals surface area contributed by atoms with E-state index >= 15 is 0 Å². The summed E-state index contributed by atoms with van der Waals surface area (Å²) in [6, 6.07) is 8.08. The Morgan fingerprint density at radius 2 is 2.08 bits per heavy atom. The number of nitrogens with one attached hydrogen (secondary N) is 1. The SMILES string of the molecule is CN(Cc1ccco1)C(=O)NC1CCN(CCc2ccncc2)CC1. The molecule has 3 heterocycles. The molecule has 3 rings (SSSR count). The minimum absolute atomic E-state index is 0.0355. The van der Waals surface area contributed by atoms with Crippen LogP contribution in [0.5, 0.6) is 0 Å². The Hall–Kier alpha value is -2.34. The third-order valence-corrected chi connectivity index (χ3v) is 4.70. The first-order valence-corrected chi connectivity index (χ1v) is 8.86. The van der Waals surface area contributed by atoms with Crippen LogP contribution in [0.3, 0.4) is 0 Å². The quantitative estimate of drug-likeness (QED) is 0.876. The number of carbonyl (C=O) groups is 1. The fourth-order valence-corrected chi connectivity index (χ4v) is 3.13. The van der Waals surface area contributed by atoms with E-state index in [1.54, 1.807) is 18.2 Å². The Labute approximate surface area is 148 Å². The number of furan rings is 1. The molecule has 1 N–H and O–H groups in total. The molecule has 0 aromatic carbocycles. The van der Waals surface area contributed by atoms with Crippen molar-refractivity contribution in [3.05, 3.63) is 54.2 Å². The lowest BCUT2D eigenvalue weighted by molar-refractivity contribution is 0.175. The second kappa shape index (κ2) is 8.67. The van der Waals surface area contributed by atoms with Gasteiger partial charge in [0.15, 0.2) is 0 Å². The number of hydrogen-bond acceptors (Lipinski definition) is 4. The summed E-state index contributed by atoms with van der Waals surface area (Å²) < 4.78 is 5.29. The molecule has 134 valence electrons. The van der Waals surface area contributed by atoms with Gasteiger partial charge in [0.25, 0.3) is 0 Å². The minimum Gasteiger partial charge on any atom is -0.467 e. The van der Waals surface area contributed by atoms with Crippen molar-refractivity contribution >= 4 is 6.03 Å². The van der Waals surface area contributed by atoms with Crippen LogP contribution < -0.4 is 5.32 Å². The van der Waals surface area contributed by atoms with Gasteiger partial charge in [0.1, 0.15) is 5.76 Å². The van der Waals surface area contributed by atoms with E-state index in [1.165, 1.54) is 5.56 Å². The van der Waals surface area contributed by atoms with Crippen LogP contribution >= 0.6 is 0 Å². The van der Waals surface area contributed by atoms with Crippen molar-refractivity contribution in [1.29, 1.82) is 0 Å². The first kappa shape index (κ1) is 17.5. The topological polar surface area (TPSA) is 61.6 Å². The largest absolute Gasteiger partial charge is 0.467 e. The molecule has 25 heavy (non-hydrogen) atoms. The van der Waals surface area contributed by atoms with Gasteiger partial charge in [-0.1, -0.05) is 0 Å². The highest BCUT2D eigenvalue weighted by Gasteiger charge is 2.22. The molecule has 2 aromatic heterocycles. The van der Waals surface area contributed by atoms with Crippen molar-refractivity contribution in [3.8, 4) is 0 Å². The van der Waals surface area contributed by atoms with Crippen LogP contribution in [0.4, 0.5) is 4.79 Å². The predicted octanol–water partition coefficient (Wildman–Crippen LogP) is 2.52. The normalized spacial score (nSPS) is 15.9. The van der Waals surface area contributed by atoms with Gasteiger partial charge in [-0.15, -0.1) is 0 Å². The lowest BCUT2D eigenvalue weighted by Gasteiger charge is -2.33. The minimum atomic E-state index is -0.0355. The number of piperidine rings is 1. The lowest BCUT2D eigenvalue weighted by Crippen LogP contribution is -2.48. The molecule has 1 aliphatic heterocycles. The number of pyridine rings is 1. The van der Waals surface area contributed by atoms with Gasteiger partial charge < -0.3 is 19.5 Å². The van der Waals surface area contributed by atoms with Crippen molar-refractivity contribution in [2.75, 3.05) is 26.7 Å². The van der Waals surface area contributed by atoms with Gasteiger partial charge in [-0.25, -0.2) is 4.79 Å². The van der Waals surface area contributed by atoms with E-state index in [9.17, 15) is 4.79 Å². The first-order valence-electron chi connectivity index (χ1n) is 8.86. The smallest absolute Gasteiger partial charge is 0.317 e. The van der Waals surface area contributed by atoms with Gasteiger partial charge in [-0.2, -0.15) is 0 Å². The zero-order chi connectivity index (χ0) is 17.5. The molecule has 0 unspecified atom stereocenters. The van der Waals surface area contributed by atoms with Crippen LogP contribution in [0.1, 0.15) is 24.2 Å².